The van der Waals surface area contributed by atoms with E-state index in [1.807, 2.05) is 24.3 Å². The Kier molecular flexibility index (Phi) is 6.75. The van der Waals surface area contributed by atoms with Crippen LogP contribution >= 0.6 is 0 Å². The number of nitrogens with one attached hydrogen (secondary N) is 1. The van der Waals surface area contributed by atoms with Crippen LogP contribution in [0.15, 0.2) is 48.5 Å². The Morgan fingerprint density at radius 3 is 2.11 bits per heavy atom. The van der Waals surface area contributed by atoms with Crippen LogP contribution in [0.25, 0.3) is 11.1 Å². The number of carbonyl (C=O) groups excluding carboxylic acids is 2. The summed E-state index contributed by atoms with van der Waals surface area (Å²) >= 11 is 0. The monoisotopic (exact) mass is 476 g/mol. The molecule has 2 fully saturated rings. The number of aliphatic carboxylic acids is 1. The van der Waals surface area contributed by atoms with Crippen LogP contribution in [0.3, 0.4) is 0 Å². The van der Waals surface area contributed by atoms with E-state index in [2.05, 4.69) is 29.6 Å². The third-order valence-electron chi connectivity index (χ3n) is 7.77. The van der Waals surface area contributed by atoms with Crippen LogP contribution in [0, 0.1) is 17.8 Å². The van der Waals surface area contributed by atoms with Gasteiger partial charge in [0, 0.05) is 32.0 Å². The number of benzene rings is 2. The summed E-state index contributed by atoms with van der Waals surface area (Å²) in [6.07, 6.45) is 3.09. The van der Waals surface area contributed by atoms with Crippen molar-refractivity contribution in [3.8, 4) is 11.1 Å². The van der Waals surface area contributed by atoms with E-state index in [4.69, 9.17) is 9.84 Å². The van der Waals surface area contributed by atoms with Gasteiger partial charge >= 0.3 is 12.1 Å². The highest BCUT2D eigenvalue weighted by Gasteiger charge is 2.35. The Hall–Kier alpha value is -3.35. The largest absolute Gasteiger partial charge is 0.481 e. The molecule has 7 heteroatoms. The number of fused-ring (bicyclic) bond motifs is 3. The fourth-order valence-electron chi connectivity index (χ4n) is 5.57. The summed E-state index contributed by atoms with van der Waals surface area (Å²) in [7, 11) is 0. The van der Waals surface area contributed by atoms with Gasteiger partial charge in [-0.05, 0) is 59.8 Å². The molecule has 0 spiro atoms. The Morgan fingerprint density at radius 1 is 0.943 bits per heavy atom. The number of amides is 2. The lowest BCUT2D eigenvalue weighted by Crippen LogP contribution is -2.42. The number of carboxylic acid groups (broad SMARTS) is 1. The van der Waals surface area contributed by atoms with E-state index in [1.54, 1.807) is 4.90 Å². The highest BCUT2D eigenvalue weighted by atomic mass is 16.5. The summed E-state index contributed by atoms with van der Waals surface area (Å²) in [6, 6.07) is 16.5. The minimum atomic E-state index is -0.778. The third kappa shape index (κ3) is 5.19. The average Bonchev–Trinajstić information content (AvgIpc) is 3.68. The zero-order chi connectivity index (χ0) is 24.4. The van der Waals surface area contributed by atoms with Crippen LogP contribution in [-0.2, 0) is 14.3 Å². The smallest absolute Gasteiger partial charge is 0.407 e. The highest BCUT2D eigenvalue weighted by Crippen LogP contribution is 2.44. The molecule has 0 aromatic heterocycles. The molecule has 2 aromatic carbocycles. The molecule has 3 aliphatic rings. The Morgan fingerprint density at radius 2 is 1.54 bits per heavy atom. The average molecular weight is 477 g/mol. The van der Waals surface area contributed by atoms with E-state index in [0.717, 1.165) is 12.8 Å². The number of ether oxygens (including phenoxy) is 1. The van der Waals surface area contributed by atoms with Crippen molar-refractivity contribution in [2.75, 3.05) is 26.2 Å². The quantitative estimate of drug-likeness (QED) is 0.593. The maximum atomic E-state index is 12.8. The highest BCUT2D eigenvalue weighted by molar-refractivity contribution is 5.79. The molecule has 0 bridgehead atoms. The molecule has 1 atom stereocenters. The molecule has 2 aromatic rings. The molecule has 1 saturated heterocycles. The number of hydrogen-bond donors (Lipinski definition) is 2. The number of carboxylic acids is 1. The molecule has 7 nitrogen and oxygen atoms in total. The van der Waals surface area contributed by atoms with Gasteiger partial charge in [0.2, 0.25) is 5.91 Å². The van der Waals surface area contributed by atoms with Crippen LogP contribution in [-0.4, -0.2) is 54.2 Å². The molecule has 35 heavy (non-hydrogen) atoms. The van der Waals surface area contributed by atoms with Gasteiger partial charge in [0.05, 0.1) is 5.92 Å². The van der Waals surface area contributed by atoms with Gasteiger partial charge in [-0.1, -0.05) is 48.5 Å². The molecule has 1 saturated carbocycles. The minimum Gasteiger partial charge on any atom is -0.481 e. The van der Waals surface area contributed by atoms with Gasteiger partial charge in [0.1, 0.15) is 6.61 Å². The molecule has 2 N–H and O–H groups in total. The van der Waals surface area contributed by atoms with Crippen LogP contribution in [0.2, 0.25) is 0 Å². The van der Waals surface area contributed by atoms with E-state index >= 15 is 0 Å². The summed E-state index contributed by atoms with van der Waals surface area (Å²) in [6.45, 7) is 1.67. The Balaban J connectivity index is 1.12. The van der Waals surface area contributed by atoms with Crippen molar-refractivity contribution in [3.05, 3.63) is 59.7 Å². The van der Waals surface area contributed by atoms with Crippen LogP contribution in [0.5, 0.6) is 0 Å². The second-order valence-electron chi connectivity index (χ2n) is 10.0. The summed E-state index contributed by atoms with van der Waals surface area (Å²) in [5.41, 5.74) is 4.73. The molecule has 184 valence electrons. The molecule has 1 unspecified atom stereocenters. The van der Waals surface area contributed by atoms with E-state index in [1.165, 1.54) is 22.3 Å². The van der Waals surface area contributed by atoms with Crippen molar-refractivity contribution in [2.24, 2.45) is 17.8 Å². The van der Waals surface area contributed by atoms with Crippen molar-refractivity contribution in [1.29, 1.82) is 0 Å². The Labute approximate surface area is 205 Å². The summed E-state index contributed by atoms with van der Waals surface area (Å²) in [5, 5.41) is 12.1. The summed E-state index contributed by atoms with van der Waals surface area (Å²) in [5.74, 6) is -0.527. The number of likely N-dealkylation sites (tertiary alicyclic amines) is 1. The first-order valence-corrected chi connectivity index (χ1v) is 12.6. The Bertz CT molecular complexity index is 1060. The van der Waals surface area contributed by atoms with Crippen molar-refractivity contribution in [3.63, 3.8) is 0 Å². The molecule has 1 aliphatic heterocycles. The fraction of sp³-hybridized carbons (Fsp3) is 0.464. The normalized spacial score (nSPS) is 18.5. The molecular weight excluding hydrogens is 444 g/mol. The van der Waals surface area contributed by atoms with Gasteiger partial charge in [-0.2, -0.15) is 0 Å². The van der Waals surface area contributed by atoms with Gasteiger partial charge in [-0.25, -0.2) is 4.79 Å². The zero-order valence-corrected chi connectivity index (χ0v) is 19.8. The second kappa shape index (κ2) is 10.1. The molecule has 2 aliphatic carbocycles. The number of rotatable bonds is 8. The van der Waals surface area contributed by atoms with E-state index in [-0.39, 0.29) is 30.3 Å². The van der Waals surface area contributed by atoms with Crippen LogP contribution < -0.4 is 5.32 Å². The number of nitrogens with zero attached hydrogens (tertiary/aromatic N) is 1. The second-order valence-corrected chi connectivity index (χ2v) is 10.0. The molecule has 1 heterocycles. The van der Waals surface area contributed by atoms with Crippen LogP contribution in [0.1, 0.15) is 49.1 Å². The SMILES string of the molecule is O=C(NCC(CC(=O)N1CCC(C(=O)O)CC1)C1CC1)OCC1c2ccccc2-c2ccccc21. The number of alkyl carbamates (subject to hydrolysis) is 1. The van der Waals surface area contributed by atoms with Gasteiger partial charge in [0.15, 0.2) is 0 Å². The van der Waals surface area contributed by atoms with E-state index in [9.17, 15) is 14.4 Å². The summed E-state index contributed by atoms with van der Waals surface area (Å²) in [4.78, 5) is 38.3. The van der Waals surface area contributed by atoms with Crippen molar-refractivity contribution < 1.29 is 24.2 Å². The van der Waals surface area contributed by atoms with Crippen molar-refractivity contribution >= 4 is 18.0 Å². The van der Waals surface area contributed by atoms with Crippen LogP contribution in [0.4, 0.5) is 4.79 Å². The third-order valence-corrected chi connectivity index (χ3v) is 7.77. The van der Waals surface area contributed by atoms with Gasteiger partial charge in [-0.15, -0.1) is 0 Å². The van der Waals surface area contributed by atoms with Crippen molar-refractivity contribution in [1.82, 2.24) is 10.2 Å². The standard InChI is InChI=1S/C28H32N2O5/c31-26(30-13-11-19(12-14-30)27(32)33)15-20(18-9-10-18)16-29-28(34)35-17-25-23-7-3-1-5-21(23)22-6-2-4-8-24(22)25/h1-8,18-20,25H,9-17H2,(H,29,34)(H,32,33). The molecule has 5 rings (SSSR count). The maximum absolute atomic E-state index is 12.8. The predicted octanol–water partition coefficient (Wildman–Crippen LogP) is 4.26. The fourth-order valence-corrected chi connectivity index (χ4v) is 5.57. The lowest BCUT2D eigenvalue weighted by molar-refractivity contribution is -0.146. The first kappa shape index (κ1) is 23.4. The zero-order valence-electron chi connectivity index (χ0n) is 19.8. The van der Waals surface area contributed by atoms with Gasteiger partial charge in [0.25, 0.3) is 0 Å². The lowest BCUT2D eigenvalue weighted by atomic mass is 9.95. The first-order valence-electron chi connectivity index (χ1n) is 12.6. The first-order chi connectivity index (χ1) is 17.0. The number of carbonyl (C=O) groups is 3. The topological polar surface area (TPSA) is 95.9 Å². The van der Waals surface area contributed by atoms with Gasteiger partial charge in [-0.3, -0.25) is 9.59 Å². The maximum Gasteiger partial charge on any atom is 0.407 e. The number of piperidine rings is 1. The number of hydrogen-bond acceptors (Lipinski definition) is 4. The molecular formula is C28H32N2O5. The predicted molar refractivity (Wildman–Crippen MR) is 131 cm³/mol. The summed E-state index contributed by atoms with van der Waals surface area (Å²) < 4.78 is 5.64. The van der Waals surface area contributed by atoms with E-state index < -0.39 is 12.1 Å². The van der Waals surface area contributed by atoms with Crippen molar-refractivity contribution in [2.45, 2.75) is 38.0 Å². The van der Waals surface area contributed by atoms with Gasteiger partial charge < -0.3 is 20.1 Å². The molecule has 2 amide bonds. The molecule has 0 radical (unpaired) electrons. The van der Waals surface area contributed by atoms with E-state index in [0.29, 0.717) is 44.8 Å². The lowest BCUT2D eigenvalue weighted by Gasteiger charge is -2.31. The minimum absolute atomic E-state index is 0.0164.